The first-order valence-corrected chi connectivity index (χ1v) is 9.60. The molecule has 0 bridgehead atoms. The zero-order chi connectivity index (χ0) is 19.8. The topological polar surface area (TPSA) is 77.5 Å². The fourth-order valence-corrected chi connectivity index (χ4v) is 3.55. The van der Waals surface area contributed by atoms with E-state index in [1.807, 2.05) is 72.8 Å². The number of hydrogen-bond donors (Lipinski definition) is 2. The van der Waals surface area contributed by atoms with Gasteiger partial charge >= 0.3 is 0 Å². The largest absolute Gasteiger partial charge is 0.489 e. The van der Waals surface area contributed by atoms with Crippen molar-refractivity contribution in [3.8, 4) is 5.75 Å². The maximum Gasteiger partial charge on any atom is 0.212 e. The Morgan fingerprint density at radius 3 is 2.55 bits per heavy atom. The van der Waals surface area contributed by atoms with Crippen molar-refractivity contribution < 1.29 is 4.74 Å². The number of aromatic nitrogens is 2. The van der Waals surface area contributed by atoms with E-state index < -0.39 is 0 Å². The molecule has 0 fully saturated rings. The van der Waals surface area contributed by atoms with Crippen LogP contribution in [-0.2, 0) is 6.61 Å². The lowest BCUT2D eigenvalue weighted by molar-refractivity contribution is 0.306. The molecule has 0 radical (unpaired) electrons. The highest BCUT2D eigenvalue weighted by Gasteiger charge is 2.24. The van der Waals surface area contributed by atoms with Gasteiger partial charge in [-0.1, -0.05) is 48.0 Å². The summed E-state index contributed by atoms with van der Waals surface area (Å²) in [6, 6.07) is 23.5. The van der Waals surface area contributed by atoms with Crippen LogP contribution in [0.2, 0.25) is 5.02 Å². The van der Waals surface area contributed by atoms with E-state index in [0.29, 0.717) is 23.5 Å². The van der Waals surface area contributed by atoms with Crippen LogP contribution in [0.4, 0.5) is 5.95 Å². The van der Waals surface area contributed by atoms with Gasteiger partial charge in [-0.3, -0.25) is 9.88 Å². The maximum atomic E-state index is 6.00. The minimum absolute atomic E-state index is 0.288. The van der Waals surface area contributed by atoms with Crippen molar-refractivity contribution >= 4 is 34.5 Å². The third-order valence-corrected chi connectivity index (χ3v) is 5.09. The van der Waals surface area contributed by atoms with Crippen LogP contribution in [0.5, 0.6) is 5.75 Å². The van der Waals surface area contributed by atoms with E-state index in [4.69, 9.17) is 22.1 Å². The van der Waals surface area contributed by atoms with Crippen LogP contribution in [0.1, 0.15) is 17.3 Å². The molecule has 5 rings (SSSR count). The Hall–Kier alpha value is -3.51. The molecule has 144 valence electrons. The van der Waals surface area contributed by atoms with E-state index in [-0.39, 0.29) is 6.17 Å². The molecule has 1 atom stereocenters. The van der Waals surface area contributed by atoms with Crippen LogP contribution in [0.15, 0.2) is 77.8 Å². The summed E-state index contributed by atoms with van der Waals surface area (Å²) in [7, 11) is 0. The quantitative estimate of drug-likeness (QED) is 0.523. The van der Waals surface area contributed by atoms with Gasteiger partial charge < -0.3 is 10.5 Å². The first-order valence-electron chi connectivity index (χ1n) is 9.22. The number of guanidine groups is 1. The molecule has 0 amide bonds. The summed E-state index contributed by atoms with van der Waals surface area (Å²) in [5, 5.41) is 3.76. The predicted molar refractivity (Wildman–Crippen MR) is 115 cm³/mol. The van der Waals surface area contributed by atoms with Crippen molar-refractivity contribution in [1.29, 1.82) is 0 Å². The first kappa shape index (κ1) is 17.6. The minimum atomic E-state index is -0.288. The fraction of sp³-hybridized carbons (Fsp3) is 0.0909. The minimum Gasteiger partial charge on any atom is -0.489 e. The van der Waals surface area contributed by atoms with Gasteiger partial charge in [-0.25, -0.2) is 9.98 Å². The Bertz CT molecular complexity index is 1200. The Morgan fingerprint density at radius 2 is 1.76 bits per heavy atom. The van der Waals surface area contributed by atoms with E-state index in [1.165, 1.54) is 0 Å². The van der Waals surface area contributed by atoms with Crippen molar-refractivity contribution in [1.82, 2.24) is 9.55 Å². The zero-order valence-electron chi connectivity index (χ0n) is 15.4. The molecule has 0 spiro atoms. The molecule has 1 aliphatic rings. The van der Waals surface area contributed by atoms with Gasteiger partial charge in [0.05, 0.1) is 11.0 Å². The molecule has 4 aromatic rings. The Balaban J connectivity index is 1.41. The zero-order valence-corrected chi connectivity index (χ0v) is 16.2. The number of para-hydroxylation sites is 2. The van der Waals surface area contributed by atoms with Crippen molar-refractivity contribution in [2.45, 2.75) is 12.8 Å². The van der Waals surface area contributed by atoms with Crippen molar-refractivity contribution in [2.24, 2.45) is 10.7 Å². The molecule has 0 saturated carbocycles. The number of imidazole rings is 1. The number of hydrogen-bond acceptors (Lipinski definition) is 5. The number of anilines is 1. The van der Waals surface area contributed by atoms with Gasteiger partial charge in [0.25, 0.3) is 0 Å². The number of ether oxygens (including phenoxy) is 1. The van der Waals surface area contributed by atoms with Gasteiger partial charge in [-0.15, -0.1) is 0 Å². The SMILES string of the molecule is NC1=N[C@H](c2ccc(OCc3ccc(Cl)cc3)cc2)n2c(nc3ccccc32)N1. The molecule has 3 N–H and O–H groups in total. The monoisotopic (exact) mass is 403 g/mol. The van der Waals surface area contributed by atoms with E-state index in [9.17, 15) is 0 Å². The number of benzene rings is 3. The normalized spacial score (nSPS) is 15.5. The molecule has 3 aromatic carbocycles. The molecule has 0 aliphatic carbocycles. The van der Waals surface area contributed by atoms with Crippen LogP contribution >= 0.6 is 11.6 Å². The third-order valence-electron chi connectivity index (χ3n) is 4.84. The van der Waals surface area contributed by atoms with Gasteiger partial charge in [0, 0.05) is 5.02 Å². The van der Waals surface area contributed by atoms with Crippen LogP contribution in [0.25, 0.3) is 11.0 Å². The number of halogens is 1. The Morgan fingerprint density at radius 1 is 1.00 bits per heavy atom. The van der Waals surface area contributed by atoms with Crippen LogP contribution in [0.3, 0.4) is 0 Å². The lowest BCUT2D eigenvalue weighted by Crippen LogP contribution is -2.31. The third kappa shape index (κ3) is 3.39. The van der Waals surface area contributed by atoms with E-state index in [1.54, 1.807) is 0 Å². The molecule has 2 heterocycles. The number of aliphatic imine (C=N–C) groups is 1. The van der Waals surface area contributed by atoms with Crippen LogP contribution < -0.4 is 15.8 Å². The molecule has 0 unspecified atom stereocenters. The summed E-state index contributed by atoms with van der Waals surface area (Å²) in [6.07, 6.45) is -0.288. The summed E-state index contributed by atoms with van der Waals surface area (Å²) < 4.78 is 7.94. The summed E-state index contributed by atoms with van der Waals surface area (Å²) in [5.41, 5.74) is 9.96. The summed E-state index contributed by atoms with van der Waals surface area (Å²) in [4.78, 5) is 9.22. The average Bonchev–Trinajstić information content (AvgIpc) is 3.11. The molecule has 0 saturated heterocycles. The maximum absolute atomic E-state index is 6.00. The van der Waals surface area contributed by atoms with Gasteiger partial charge in [0.1, 0.15) is 12.4 Å². The molecule has 6 nitrogen and oxygen atoms in total. The smallest absolute Gasteiger partial charge is 0.212 e. The van der Waals surface area contributed by atoms with Crippen LogP contribution in [-0.4, -0.2) is 15.5 Å². The number of nitrogens with zero attached hydrogens (tertiary/aromatic N) is 3. The summed E-state index contributed by atoms with van der Waals surface area (Å²) >= 11 is 5.92. The van der Waals surface area contributed by atoms with Gasteiger partial charge in [-0.05, 0) is 47.5 Å². The van der Waals surface area contributed by atoms with Crippen molar-refractivity contribution in [3.05, 3.63) is 88.9 Å². The fourth-order valence-electron chi connectivity index (χ4n) is 3.42. The Labute approximate surface area is 172 Å². The molecular formula is C22H18ClN5O. The molecule has 7 heteroatoms. The highest BCUT2D eigenvalue weighted by atomic mass is 35.5. The van der Waals surface area contributed by atoms with Crippen molar-refractivity contribution in [2.75, 3.05) is 5.32 Å². The summed E-state index contributed by atoms with van der Waals surface area (Å²) in [6.45, 7) is 0.477. The van der Waals surface area contributed by atoms with Gasteiger partial charge in [0.2, 0.25) is 5.95 Å². The van der Waals surface area contributed by atoms with Gasteiger partial charge in [0.15, 0.2) is 12.1 Å². The first-order chi connectivity index (χ1) is 14.2. The standard InChI is InChI=1S/C22H18ClN5O/c23-16-9-5-14(6-10-16)13-29-17-11-7-15(8-12-17)20-26-21(24)27-22-25-18-3-1-2-4-19(18)28(20)22/h1-12,20H,13H2,(H3,24,25,26,27)/t20-/m0/s1. The highest BCUT2D eigenvalue weighted by molar-refractivity contribution is 6.30. The number of nitrogens with two attached hydrogens (primary N) is 1. The highest BCUT2D eigenvalue weighted by Crippen LogP contribution is 2.32. The lowest BCUT2D eigenvalue weighted by Gasteiger charge is -2.24. The van der Waals surface area contributed by atoms with Crippen LogP contribution in [0, 0.1) is 0 Å². The van der Waals surface area contributed by atoms with Crippen molar-refractivity contribution in [3.63, 3.8) is 0 Å². The molecule has 29 heavy (non-hydrogen) atoms. The Kier molecular flexibility index (Phi) is 4.33. The summed E-state index contributed by atoms with van der Waals surface area (Å²) in [5.74, 6) is 1.82. The lowest BCUT2D eigenvalue weighted by atomic mass is 10.1. The number of fused-ring (bicyclic) bond motifs is 3. The molecular weight excluding hydrogens is 386 g/mol. The van der Waals surface area contributed by atoms with E-state index >= 15 is 0 Å². The second kappa shape index (κ2) is 7.14. The second-order valence-electron chi connectivity index (χ2n) is 6.79. The average molecular weight is 404 g/mol. The number of nitrogens with one attached hydrogen (secondary N) is 1. The predicted octanol–water partition coefficient (Wildman–Crippen LogP) is 4.56. The van der Waals surface area contributed by atoms with E-state index in [2.05, 4.69) is 19.9 Å². The number of rotatable bonds is 4. The second-order valence-corrected chi connectivity index (χ2v) is 7.23. The van der Waals surface area contributed by atoms with E-state index in [0.717, 1.165) is 27.9 Å². The van der Waals surface area contributed by atoms with Gasteiger partial charge in [-0.2, -0.15) is 0 Å². The molecule has 1 aliphatic heterocycles. The molecule has 1 aromatic heterocycles.